The lowest BCUT2D eigenvalue weighted by molar-refractivity contribution is -0.145. The Labute approximate surface area is 158 Å². The summed E-state index contributed by atoms with van der Waals surface area (Å²) in [5.41, 5.74) is 0.669. The highest BCUT2D eigenvalue weighted by atomic mass is 16.5. The molecule has 0 bridgehead atoms. The van der Waals surface area contributed by atoms with Crippen molar-refractivity contribution in [1.82, 2.24) is 0 Å². The van der Waals surface area contributed by atoms with Gasteiger partial charge in [-0.2, -0.15) is 0 Å². The number of carboxylic acid groups (broad SMARTS) is 1. The predicted octanol–water partition coefficient (Wildman–Crippen LogP) is 6.03. The third-order valence-electron chi connectivity index (χ3n) is 4.56. The monoisotopic (exact) mass is 362 g/mol. The van der Waals surface area contributed by atoms with Crippen LogP contribution in [0.4, 0.5) is 0 Å². The first-order chi connectivity index (χ1) is 12.6. The number of aliphatic carboxylic acids is 1. The van der Waals surface area contributed by atoms with Gasteiger partial charge in [-0.3, -0.25) is 4.79 Å². The molecule has 0 radical (unpaired) electrons. The maximum atomic E-state index is 12.2. The maximum Gasteiger partial charge on any atom is 0.344 e. The fourth-order valence-electron chi connectivity index (χ4n) is 2.91. The van der Waals surface area contributed by atoms with Gasteiger partial charge in [-0.1, -0.05) is 58.8 Å². The molecule has 1 atom stereocenters. The third kappa shape index (κ3) is 9.02. The summed E-state index contributed by atoms with van der Waals surface area (Å²) >= 11 is 0. The minimum absolute atomic E-state index is 0.141. The van der Waals surface area contributed by atoms with E-state index in [1.807, 2.05) is 0 Å². The molecule has 0 saturated heterocycles. The lowest BCUT2D eigenvalue weighted by atomic mass is 10.0. The van der Waals surface area contributed by atoms with Crippen molar-refractivity contribution in [2.45, 2.75) is 90.6 Å². The van der Waals surface area contributed by atoms with Crippen LogP contribution < -0.4 is 4.74 Å². The van der Waals surface area contributed by atoms with Crippen LogP contribution in [0.1, 0.15) is 94.8 Å². The van der Waals surface area contributed by atoms with Crippen LogP contribution in [0.5, 0.6) is 5.75 Å². The number of hydrogen-bond acceptors (Lipinski definition) is 3. The van der Waals surface area contributed by atoms with Gasteiger partial charge < -0.3 is 9.84 Å². The number of Topliss-reactive ketones (excluding diaryl/α,β-unsaturated/α-hetero) is 1. The van der Waals surface area contributed by atoms with Gasteiger partial charge in [0.05, 0.1) is 0 Å². The second-order valence-corrected chi connectivity index (χ2v) is 6.91. The first-order valence-electron chi connectivity index (χ1n) is 10.1. The van der Waals surface area contributed by atoms with Crippen LogP contribution in [0.15, 0.2) is 24.3 Å². The largest absolute Gasteiger partial charge is 0.479 e. The van der Waals surface area contributed by atoms with Gasteiger partial charge in [0.2, 0.25) is 0 Å². The summed E-state index contributed by atoms with van der Waals surface area (Å²) in [5, 5.41) is 9.31. The number of hydrogen-bond donors (Lipinski definition) is 1. The van der Waals surface area contributed by atoms with Crippen molar-refractivity contribution in [3.63, 3.8) is 0 Å². The zero-order chi connectivity index (χ0) is 19.2. The Morgan fingerprint density at radius 3 is 2.04 bits per heavy atom. The molecular weight excluding hydrogens is 328 g/mol. The Balaban J connectivity index is 2.46. The summed E-state index contributed by atoms with van der Waals surface area (Å²) in [6.45, 7) is 4.30. The van der Waals surface area contributed by atoms with E-state index in [0.717, 1.165) is 38.5 Å². The predicted molar refractivity (Wildman–Crippen MR) is 105 cm³/mol. The number of carbonyl (C=O) groups excluding carboxylic acids is 1. The topological polar surface area (TPSA) is 63.6 Å². The van der Waals surface area contributed by atoms with Gasteiger partial charge in [0.1, 0.15) is 5.75 Å². The van der Waals surface area contributed by atoms with E-state index in [9.17, 15) is 14.7 Å². The molecule has 4 nitrogen and oxygen atoms in total. The van der Waals surface area contributed by atoms with Crippen LogP contribution >= 0.6 is 0 Å². The quantitative estimate of drug-likeness (QED) is 0.305. The van der Waals surface area contributed by atoms with Crippen LogP contribution in [-0.2, 0) is 4.79 Å². The van der Waals surface area contributed by atoms with Crippen molar-refractivity contribution in [2.24, 2.45) is 0 Å². The standard InChI is InChI=1S/C22H34O4/c1-3-5-7-9-10-12-20(23)18-14-16-19(17-15-18)26-21(22(24)25)13-11-8-6-4-2/h14-17,21H,3-13H2,1-2H3,(H,24,25)/t21-/m0/s1. The van der Waals surface area contributed by atoms with Crippen LogP contribution in [-0.4, -0.2) is 23.0 Å². The van der Waals surface area contributed by atoms with Crippen LogP contribution in [0.2, 0.25) is 0 Å². The Hall–Kier alpha value is -1.84. The zero-order valence-electron chi connectivity index (χ0n) is 16.3. The van der Waals surface area contributed by atoms with E-state index in [1.165, 1.54) is 19.3 Å². The summed E-state index contributed by atoms with van der Waals surface area (Å²) in [6.07, 6.45) is 9.98. The molecule has 146 valence electrons. The highest BCUT2D eigenvalue weighted by Crippen LogP contribution is 2.18. The molecule has 0 aliphatic rings. The Morgan fingerprint density at radius 1 is 0.885 bits per heavy atom. The van der Waals surface area contributed by atoms with Crippen molar-refractivity contribution in [3.8, 4) is 5.75 Å². The summed E-state index contributed by atoms with van der Waals surface area (Å²) in [4.78, 5) is 23.5. The van der Waals surface area contributed by atoms with E-state index in [0.29, 0.717) is 24.2 Å². The van der Waals surface area contributed by atoms with Gasteiger partial charge in [0, 0.05) is 12.0 Å². The lowest BCUT2D eigenvalue weighted by Gasteiger charge is -2.15. The van der Waals surface area contributed by atoms with Gasteiger partial charge in [-0.05, 0) is 43.5 Å². The first-order valence-corrected chi connectivity index (χ1v) is 10.1. The summed E-state index contributed by atoms with van der Waals surface area (Å²) in [6, 6.07) is 6.87. The number of rotatable bonds is 15. The molecule has 26 heavy (non-hydrogen) atoms. The molecule has 0 spiro atoms. The van der Waals surface area contributed by atoms with Crippen LogP contribution in [0, 0.1) is 0 Å². The first kappa shape index (κ1) is 22.2. The number of ether oxygens (including phenoxy) is 1. The third-order valence-corrected chi connectivity index (χ3v) is 4.56. The SMILES string of the molecule is CCCCCCCC(=O)c1ccc(O[C@@H](CCCCCC)C(=O)O)cc1. The smallest absolute Gasteiger partial charge is 0.344 e. The van der Waals surface area contributed by atoms with Crippen molar-refractivity contribution < 1.29 is 19.4 Å². The molecule has 0 aliphatic heterocycles. The van der Waals surface area contributed by atoms with Gasteiger partial charge in [-0.25, -0.2) is 4.79 Å². The molecule has 4 heteroatoms. The van der Waals surface area contributed by atoms with Gasteiger partial charge in [-0.15, -0.1) is 0 Å². The number of carbonyl (C=O) groups is 2. The van der Waals surface area contributed by atoms with E-state index in [2.05, 4.69) is 13.8 Å². The Morgan fingerprint density at radius 2 is 1.46 bits per heavy atom. The molecular formula is C22H34O4. The van der Waals surface area contributed by atoms with Crippen LogP contribution in [0.25, 0.3) is 0 Å². The molecule has 0 aliphatic carbocycles. The van der Waals surface area contributed by atoms with Crippen molar-refractivity contribution in [2.75, 3.05) is 0 Å². The molecule has 0 unspecified atom stereocenters. The summed E-state index contributed by atoms with van der Waals surface area (Å²) < 4.78 is 5.61. The Bertz CT molecular complexity index is 521. The number of ketones is 1. The molecule has 1 aromatic rings. The maximum absolute atomic E-state index is 12.2. The number of benzene rings is 1. The van der Waals surface area contributed by atoms with E-state index < -0.39 is 12.1 Å². The van der Waals surface area contributed by atoms with Crippen LogP contribution in [0.3, 0.4) is 0 Å². The van der Waals surface area contributed by atoms with Gasteiger partial charge >= 0.3 is 5.97 Å². The highest BCUT2D eigenvalue weighted by molar-refractivity contribution is 5.96. The van der Waals surface area contributed by atoms with E-state index in [-0.39, 0.29) is 5.78 Å². The van der Waals surface area contributed by atoms with Gasteiger partial charge in [0.15, 0.2) is 11.9 Å². The van der Waals surface area contributed by atoms with E-state index in [4.69, 9.17) is 4.74 Å². The normalized spacial score (nSPS) is 11.9. The number of unbranched alkanes of at least 4 members (excludes halogenated alkanes) is 7. The second kappa shape index (κ2) is 13.4. The van der Waals surface area contributed by atoms with E-state index in [1.54, 1.807) is 24.3 Å². The summed E-state index contributed by atoms with van der Waals surface area (Å²) in [7, 11) is 0. The molecule has 0 saturated carbocycles. The van der Waals surface area contributed by atoms with Crippen molar-refractivity contribution in [1.29, 1.82) is 0 Å². The molecule has 0 heterocycles. The average molecular weight is 363 g/mol. The molecule has 0 fully saturated rings. The fraction of sp³-hybridized carbons (Fsp3) is 0.636. The molecule has 0 amide bonds. The minimum Gasteiger partial charge on any atom is -0.479 e. The van der Waals surface area contributed by atoms with Gasteiger partial charge in [0.25, 0.3) is 0 Å². The molecule has 1 N–H and O–H groups in total. The number of carboxylic acids is 1. The molecule has 1 aromatic carbocycles. The Kier molecular flexibility index (Phi) is 11.4. The minimum atomic E-state index is -0.936. The molecule has 0 aromatic heterocycles. The van der Waals surface area contributed by atoms with E-state index >= 15 is 0 Å². The summed E-state index contributed by atoms with van der Waals surface area (Å²) in [5.74, 6) is -0.288. The highest BCUT2D eigenvalue weighted by Gasteiger charge is 2.19. The van der Waals surface area contributed by atoms with Crippen molar-refractivity contribution >= 4 is 11.8 Å². The zero-order valence-corrected chi connectivity index (χ0v) is 16.3. The fourth-order valence-corrected chi connectivity index (χ4v) is 2.91. The average Bonchev–Trinajstić information content (AvgIpc) is 2.64. The second-order valence-electron chi connectivity index (χ2n) is 6.91. The molecule has 1 rings (SSSR count). The lowest BCUT2D eigenvalue weighted by Crippen LogP contribution is -2.26. The van der Waals surface area contributed by atoms with Crippen molar-refractivity contribution in [3.05, 3.63) is 29.8 Å².